The zero-order valence-electron chi connectivity index (χ0n) is 12.9. The van der Waals surface area contributed by atoms with Gasteiger partial charge in [-0.3, -0.25) is 18.7 Å². The second-order valence-electron chi connectivity index (χ2n) is 5.77. The van der Waals surface area contributed by atoms with E-state index in [-0.39, 0.29) is 23.8 Å². The number of benzene rings is 1. The van der Waals surface area contributed by atoms with Crippen molar-refractivity contribution in [1.29, 1.82) is 0 Å². The number of hydrogen-bond donors (Lipinski definition) is 2. The molecular formula is C16H16N2O5S. The molecule has 0 bridgehead atoms. The summed E-state index contributed by atoms with van der Waals surface area (Å²) in [6, 6.07) is 8.10. The summed E-state index contributed by atoms with van der Waals surface area (Å²) in [6.07, 6.45) is 0.102. The monoisotopic (exact) mass is 348 g/mol. The van der Waals surface area contributed by atoms with Gasteiger partial charge in [0.25, 0.3) is 5.91 Å². The molecule has 2 aliphatic heterocycles. The van der Waals surface area contributed by atoms with Crippen LogP contribution in [0.1, 0.15) is 12.5 Å². The number of carboxylic acids is 1. The van der Waals surface area contributed by atoms with Gasteiger partial charge in [0.1, 0.15) is 17.1 Å². The number of carboxylic acid groups (broad SMARTS) is 1. The molecule has 3 atom stereocenters. The molecule has 8 heteroatoms. The maximum Gasteiger partial charge on any atom is 0.352 e. The van der Waals surface area contributed by atoms with E-state index in [1.807, 2.05) is 18.2 Å². The Morgan fingerprint density at radius 1 is 1.33 bits per heavy atom. The lowest BCUT2D eigenvalue weighted by molar-refractivity contribution is -0.150. The highest BCUT2D eigenvalue weighted by Crippen LogP contribution is 2.34. The van der Waals surface area contributed by atoms with Crippen molar-refractivity contribution in [3.8, 4) is 0 Å². The minimum Gasteiger partial charge on any atom is -0.477 e. The Bertz CT molecular complexity index is 774. The van der Waals surface area contributed by atoms with Crippen LogP contribution in [0.3, 0.4) is 0 Å². The van der Waals surface area contributed by atoms with E-state index >= 15 is 0 Å². The zero-order valence-corrected chi connectivity index (χ0v) is 13.7. The number of amides is 2. The first-order valence-corrected chi connectivity index (χ1v) is 8.75. The average Bonchev–Trinajstić information content (AvgIpc) is 2.53. The zero-order chi connectivity index (χ0) is 17.4. The van der Waals surface area contributed by atoms with Gasteiger partial charge in [0.15, 0.2) is 0 Å². The van der Waals surface area contributed by atoms with Gasteiger partial charge < -0.3 is 10.4 Å². The molecule has 1 saturated heterocycles. The summed E-state index contributed by atoms with van der Waals surface area (Å²) < 4.78 is 12.3. The highest BCUT2D eigenvalue weighted by atomic mass is 32.2. The fourth-order valence-electron chi connectivity index (χ4n) is 2.97. The molecule has 0 radical (unpaired) electrons. The molecule has 126 valence electrons. The van der Waals surface area contributed by atoms with Gasteiger partial charge in [0.2, 0.25) is 5.91 Å². The van der Waals surface area contributed by atoms with E-state index in [1.165, 1.54) is 0 Å². The van der Waals surface area contributed by atoms with Crippen molar-refractivity contribution in [2.24, 2.45) is 0 Å². The molecule has 0 spiro atoms. The first-order valence-electron chi connectivity index (χ1n) is 7.36. The quantitative estimate of drug-likeness (QED) is 0.746. The predicted octanol–water partition coefficient (Wildman–Crippen LogP) is 0.00310. The van der Waals surface area contributed by atoms with E-state index in [9.17, 15) is 23.7 Å². The molecule has 1 aromatic rings. The Hall–Kier alpha value is -2.48. The molecule has 24 heavy (non-hydrogen) atoms. The molecule has 0 aromatic heterocycles. The molecule has 0 saturated carbocycles. The molecule has 2 heterocycles. The van der Waals surface area contributed by atoms with Gasteiger partial charge in [-0.2, -0.15) is 0 Å². The fraction of sp³-hybridized carbons (Fsp3) is 0.312. The van der Waals surface area contributed by atoms with E-state index in [4.69, 9.17) is 0 Å². The van der Waals surface area contributed by atoms with E-state index in [0.717, 1.165) is 10.5 Å². The lowest BCUT2D eigenvalue weighted by Crippen LogP contribution is -2.73. The van der Waals surface area contributed by atoms with Crippen LogP contribution >= 0.6 is 0 Å². The van der Waals surface area contributed by atoms with Gasteiger partial charge in [0.05, 0.1) is 17.2 Å². The Kier molecular flexibility index (Phi) is 4.23. The number of carbonyl (C=O) groups is 3. The third-order valence-corrected chi connectivity index (χ3v) is 5.78. The summed E-state index contributed by atoms with van der Waals surface area (Å²) in [4.78, 5) is 36.8. The summed E-state index contributed by atoms with van der Waals surface area (Å²) in [6.45, 7) is 1.55. The topological polar surface area (TPSA) is 104 Å². The van der Waals surface area contributed by atoms with Crippen molar-refractivity contribution in [3.05, 3.63) is 47.2 Å². The van der Waals surface area contributed by atoms with Crippen LogP contribution in [0.15, 0.2) is 41.6 Å². The molecule has 2 unspecified atom stereocenters. The number of β-lactam (4-membered cyclic amide) rings is 1. The third-order valence-electron chi connectivity index (χ3n) is 4.04. The van der Waals surface area contributed by atoms with Crippen LogP contribution in [0, 0.1) is 0 Å². The highest BCUT2D eigenvalue weighted by molar-refractivity contribution is 7.86. The maximum absolute atomic E-state index is 12.3. The lowest BCUT2D eigenvalue weighted by atomic mass is 10.0. The number of carbonyl (C=O) groups excluding carboxylic acids is 2. The van der Waals surface area contributed by atoms with Gasteiger partial charge in [0, 0.05) is 5.75 Å². The van der Waals surface area contributed by atoms with Crippen LogP contribution in [0.25, 0.3) is 0 Å². The number of aliphatic carboxylic acids is 1. The molecule has 1 aromatic carbocycles. The Morgan fingerprint density at radius 3 is 2.62 bits per heavy atom. The first-order chi connectivity index (χ1) is 11.4. The second kappa shape index (κ2) is 6.20. The van der Waals surface area contributed by atoms with E-state index in [1.54, 1.807) is 19.1 Å². The number of rotatable bonds is 4. The van der Waals surface area contributed by atoms with Gasteiger partial charge >= 0.3 is 5.97 Å². The Balaban J connectivity index is 1.73. The van der Waals surface area contributed by atoms with Crippen LogP contribution in [0.2, 0.25) is 0 Å². The van der Waals surface area contributed by atoms with Crippen molar-refractivity contribution in [2.45, 2.75) is 24.8 Å². The fourth-order valence-corrected chi connectivity index (χ4v) is 4.63. The molecule has 3 rings (SSSR count). The summed E-state index contributed by atoms with van der Waals surface area (Å²) >= 11 is 0. The van der Waals surface area contributed by atoms with Gasteiger partial charge in [-0.05, 0) is 18.1 Å². The number of nitrogens with one attached hydrogen (secondary N) is 1. The molecule has 1 fully saturated rings. The predicted molar refractivity (Wildman–Crippen MR) is 86.1 cm³/mol. The second-order valence-corrected chi connectivity index (χ2v) is 7.30. The summed E-state index contributed by atoms with van der Waals surface area (Å²) in [5.74, 6) is -2.04. The van der Waals surface area contributed by atoms with Crippen LogP contribution < -0.4 is 5.32 Å². The number of fused-ring (bicyclic) bond motifs is 1. The van der Waals surface area contributed by atoms with E-state index in [2.05, 4.69) is 5.32 Å². The average molecular weight is 348 g/mol. The molecule has 2 N–H and O–H groups in total. The van der Waals surface area contributed by atoms with Crippen LogP contribution in [0.5, 0.6) is 0 Å². The minimum absolute atomic E-state index is 0.0845. The SMILES string of the molecule is CC1=C(C(=O)O)N2C(=O)C(NC(=O)Cc3ccccc3)[C@H]2S(=O)C1. The third kappa shape index (κ3) is 2.73. The first kappa shape index (κ1) is 16.4. The molecule has 0 aliphatic carbocycles. The summed E-state index contributed by atoms with van der Waals surface area (Å²) in [7, 11) is -1.44. The van der Waals surface area contributed by atoms with E-state index < -0.39 is 34.1 Å². The Labute approximate surface area is 140 Å². The van der Waals surface area contributed by atoms with Crippen molar-refractivity contribution < 1.29 is 23.7 Å². The van der Waals surface area contributed by atoms with Crippen molar-refractivity contribution >= 4 is 28.6 Å². The van der Waals surface area contributed by atoms with Gasteiger partial charge in [-0.1, -0.05) is 30.3 Å². The van der Waals surface area contributed by atoms with Crippen molar-refractivity contribution in [2.75, 3.05) is 5.75 Å². The minimum atomic E-state index is -1.44. The summed E-state index contributed by atoms with van der Waals surface area (Å²) in [5.41, 5.74) is 1.07. The van der Waals surface area contributed by atoms with Gasteiger partial charge in [-0.15, -0.1) is 0 Å². The van der Waals surface area contributed by atoms with Crippen LogP contribution in [-0.2, 0) is 31.6 Å². The molecule has 2 amide bonds. The van der Waals surface area contributed by atoms with Crippen molar-refractivity contribution in [1.82, 2.24) is 10.2 Å². The van der Waals surface area contributed by atoms with Gasteiger partial charge in [-0.25, -0.2) is 4.79 Å². The van der Waals surface area contributed by atoms with Crippen LogP contribution in [-0.4, -0.2) is 49.2 Å². The molecule has 7 nitrogen and oxygen atoms in total. The van der Waals surface area contributed by atoms with Crippen molar-refractivity contribution in [3.63, 3.8) is 0 Å². The normalized spacial score (nSPS) is 25.8. The van der Waals surface area contributed by atoms with E-state index in [0.29, 0.717) is 5.57 Å². The van der Waals surface area contributed by atoms with Crippen LogP contribution in [0.4, 0.5) is 0 Å². The molecule has 2 aliphatic rings. The smallest absolute Gasteiger partial charge is 0.352 e. The number of hydrogen-bond acceptors (Lipinski definition) is 4. The molecular weight excluding hydrogens is 332 g/mol. The largest absolute Gasteiger partial charge is 0.477 e. The highest BCUT2D eigenvalue weighted by Gasteiger charge is 2.56. The standard InChI is InChI=1S/C16H16N2O5S/c1-9-8-24(23)15-12(14(20)18(15)13(9)16(21)22)17-11(19)7-10-5-3-2-4-6-10/h2-6,12,15H,7-8H2,1H3,(H,17,19)(H,21,22)/t12?,15-,24?/m1/s1. The lowest BCUT2D eigenvalue weighted by Gasteiger charge is -2.48. The maximum atomic E-state index is 12.3. The Morgan fingerprint density at radius 2 is 2.00 bits per heavy atom. The summed E-state index contributed by atoms with van der Waals surface area (Å²) in [5, 5.41) is 11.0. The number of nitrogens with zero attached hydrogens (tertiary/aromatic N) is 1.